The molecular weight excluding hydrogens is 248 g/mol. The summed E-state index contributed by atoms with van der Waals surface area (Å²) in [6, 6.07) is 10.2. The molecule has 0 aliphatic heterocycles. The van der Waals surface area contributed by atoms with Crippen LogP contribution in [0.1, 0.15) is 30.2 Å². The first-order valence-electron chi connectivity index (χ1n) is 7.10. The summed E-state index contributed by atoms with van der Waals surface area (Å²) in [5.74, 6) is 1.67. The highest BCUT2D eigenvalue weighted by atomic mass is 16.5. The van der Waals surface area contributed by atoms with E-state index in [1.165, 1.54) is 5.56 Å². The Labute approximate surface area is 121 Å². The van der Waals surface area contributed by atoms with Crippen molar-refractivity contribution in [2.75, 3.05) is 6.54 Å². The highest BCUT2D eigenvalue weighted by Crippen LogP contribution is 2.25. The zero-order chi connectivity index (χ0) is 14.4. The topological polar surface area (TPSA) is 34.1 Å². The molecule has 0 radical (unpaired) electrons. The monoisotopic (exact) mass is 270 g/mol. The molecule has 1 heterocycles. The molecule has 0 unspecified atom stereocenters. The van der Waals surface area contributed by atoms with Crippen molar-refractivity contribution < 1.29 is 4.74 Å². The molecule has 2 rings (SSSR count). The van der Waals surface area contributed by atoms with Crippen LogP contribution in [0.3, 0.4) is 0 Å². The average molecular weight is 270 g/mol. The first-order chi connectivity index (χ1) is 9.69. The van der Waals surface area contributed by atoms with Gasteiger partial charge in [0.15, 0.2) is 0 Å². The van der Waals surface area contributed by atoms with Gasteiger partial charge in [0, 0.05) is 12.2 Å². The van der Waals surface area contributed by atoms with E-state index in [9.17, 15) is 0 Å². The number of aryl methyl sites for hydroxylation is 2. The van der Waals surface area contributed by atoms with Crippen LogP contribution in [0.15, 0.2) is 36.5 Å². The minimum Gasteiger partial charge on any atom is -0.455 e. The maximum atomic E-state index is 5.92. The van der Waals surface area contributed by atoms with Crippen LogP contribution in [-0.2, 0) is 6.54 Å². The molecule has 1 aromatic carbocycles. The largest absolute Gasteiger partial charge is 0.455 e. The van der Waals surface area contributed by atoms with Gasteiger partial charge in [0.2, 0.25) is 0 Å². The van der Waals surface area contributed by atoms with Gasteiger partial charge in [0.05, 0.1) is 6.20 Å². The molecule has 0 spiro atoms. The molecule has 1 N–H and O–H groups in total. The fraction of sp³-hybridized carbons (Fsp3) is 0.353. The molecule has 0 amide bonds. The van der Waals surface area contributed by atoms with Gasteiger partial charge in [-0.2, -0.15) is 0 Å². The Kier molecular flexibility index (Phi) is 5.13. The van der Waals surface area contributed by atoms with E-state index in [-0.39, 0.29) is 0 Å². The number of pyridine rings is 1. The Balaban J connectivity index is 2.09. The second-order valence-corrected chi connectivity index (χ2v) is 5.01. The van der Waals surface area contributed by atoms with Crippen molar-refractivity contribution >= 4 is 0 Å². The minimum atomic E-state index is 0.775. The van der Waals surface area contributed by atoms with Crippen molar-refractivity contribution in [2.45, 2.75) is 33.7 Å². The first-order valence-corrected chi connectivity index (χ1v) is 7.10. The lowest BCUT2D eigenvalue weighted by Crippen LogP contribution is -2.13. The molecule has 2 aromatic rings. The summed E-state index contributed by atoms with van der Waals surface area (Å²) >= 11 is 0. The molecule has 0 aliphatic rings. The van der Waals surface area contributed by atoms with E-state index in [0.717, 1.165) is 42.3 Å². The number of aromatic nitrogens is 1. The molecule has 3 nitrogen and oxygen atoms in total. The van der Waals surface area contributed by atoms with Crippen molar-refractivity contribution in [2.24, 2.45) is 0 Å². The summed E-state index contributed by atoms with van der Waals surface area (Å²) in [5, 5.41) is 3.40. The zero-order valence-electron chi connectivity index (χ0n) is 12.4. The van der Waals surface area contributed by atoms with Gasteiger partial charge in [-0.25, -0.2) is 0 Å². The van der Waals surface area contributed by atoms with Gasteiger partial charge < -0.3 is 10.1 Å². The normalized spacial score (nSPS) is 10.6. The van der Waals surface area contributed by atoms with Crippen LogP contribution in [0.5, 0.6) is 11.5 Å². The average Bonchev–Trinajstić information content (AvgIpc) is 2.45. The molecule has 0 fully saturated rings. The molecule has 0 bridgehead atoms. The summed E-state index contributed by atoms with van der Waals surface area (Å²) < 4.78 is 5.92. The zero-order valence-corrected chi connectivity index (χ0v) is 12.4. The van der Waals surface area contributed by atoms with Gasteiger partial charge >= 0.3 is 0 Å². The Hall–Kier alpha value is -1.87. The summed E-state index contributed by atoms with van der Waals surface area (Å²) in [4.78, 5) is 4.25. The number of ether oxygens (including phenoxy) is 1. The number of nitrogens with zero attached hydrogens (tertiary/aromatic N) is 1. The van der Waals surface area contributed by atoms with Crippen LogP contribution in [0.2, 0.25) is 0 Å². The molecular formula is C17H22N2O. The van der Waals surface area contributed by atoms with Gasteiger partial charge in [0.1, 0.15) is 11.5 Å². The van der Waals surface area contributed by atoms with Crippen LogP contribution in [0.4, 0.5) is 0 Å². The third kappa shape index (κ3) is 4.07. The fourth-order valence-electron chi connectivity index (χ4n) is 1.92. The predicted octanol–water partition coefficient (Wildman–Crippen LogP) is 3.99. The molecule has 3 heteroatoms. The maximum absolute atomic E-state index is 5.92. The van der Waals surface area contributed by atoms with E-state index in [2.05, 4.69) is 42.3 Å². The van der Waals surface area contributed by atoms with Crippen LogP contribution in [-0.4, -0.2) is 11.5 Å². The third-order valence-electron chi connectivity index (χ3n) is 3.12. The fourth-order valence-corrected chi connectivity index (χ4v) is 1.92. The number of nitrogens with one attached hydrogen (secondary N) is 1. The standard InChI is InChI=1S/C17H22N2O/c1-4-9-18-11-15-7-5-13(2)17(10-15)20-16-8-6-14(3)19-12-16/h5-8,10,12,18H,4,9,11H2,1-3H3. The van der Waals surface area contributed by atoms with Gasteiger partial charge in [-0.05, 0) is 56.1 Å². The molecule has 1 aromatic heterocycles. The number of hydrogen-bond donors (Lipinski definition) is 1. The molecule has 0 saturated carbocycles. The summed E-state index contributed by atoms with van der Waals surface area (Å²) in [7, 11) is 0. The second kappa shape index (κ2) is 7.06. The highest BCUT2D eigenvalue weighted by molar-refractivity contribution is 5.39. The van der Waals surface area contributed by atoms with E-state index in [4.69, 9.17) is 4.74 Å². The van der Waals surface area contributed by atoms with Crippen molar-refractivity contribution in [1.82, 2.24) is 10.3 Å². The van der Waals surface area contributed by atoms with Crippen molar-refractivity contribution in [3.05, 3.63) is 53.3 Å². The molecule has 106 valence electrons. The molecule has 0 aliphatic carbocycles. The van der Waals surface area contributed by atoms with Crippen LogP contribution in [0.25, 0.3) is 0 Å². The quantitative estimate of drug-likeness (QED) is 0.806. The Morgan fingerprint density at radius 2 is 2.00 bits per heavy atom. The van der Waals surface area contributed by atoms with E-state index in [1.807, 2.05) is 19.1 Å². The number of benzene rings is 1. The van der Waals surface area contributed by atoms with Crippen molar-refractivity contribution in [3.63, 3.8) is 0 Å². The summed E-state index contributed by atoms with van der Waals surface area (Å²) in [6.45, 7) is 8.10. The Bertz CT molecular complexity index is 549. The second-order valence-electron chi connectivity index (χ2n) is 5.01. The first kappa shape index (κ1) is 14.5. The SMILES string of the molecule is CCCNCc1ccc(C)c(Oc2ccc(C)nc2)c1. The third-order valence-corrected chi connectivity index (χ3v) is 3.12. The molecule has 0 saturated heterocycles. The summed E-state index contributed by atoms with van der Waals surface area (Å²) in [6.07, 6.45) is 2.90. The Morgan fingerprint density at radius 1 is 1.15 bits per heavy atom. The van der Waals surface area contributed by atoms with E-state index >= 15 is 0 Å². The molecule has 0 atom stereocenters. The van der Waals surface area contributed by atoms with Crippen molar-refractivity contribution in [1.29, 1.82) is 0 Å². The predicted molar refractivity (Wildman–Crippen MR) is 82.2 cm³/mol. The van der Waals surface area contributed by atoms with Gasteiger partial charge in [-0.15, -0.1) is 0 Å². The summed E-state index contributed by atoms with van der Waals surface area (Å²) in [5.41, 5.74) is 3.36. The van der Waals surface area contributed by atoms with E-state index in [0.29, 0.717) is 0 Å². The van der Waals surface area contributed by atoms with E-state index in [1.54, 1.807) is 6.20 Å². The maximum Gasteiger partial charge on any atom is 0.145 e. The van der Waals surface area contributed by atoms with E-state index < -0.39 is 0 Å². The van der Waals surface area contributed by atoms with Crippen molar-refractivity contribution in [3.8, 4) is 11.5 Å². The molecule has 20 heavy (non-hydrogen) atoms. The smallest absolute Gasteiger partial charge is 0.145 e. The number of rotatable bonds is 6. The number of hydrogen-bond acceptors (Lipinski definition) is 3. The van der Waals surface area contributed by atoms with Gasteiger partial charge in [-0.3, -0.25) is 4.98 Å². The lowest BCUT2D eigenvalue weighted by atomic mass is 10.1. The van der Waals surface area contributed by atoms with Crippen LogP contribution in [0, 0.1) is 13.8 Å². The lowest BCUT2D eigenvalue weighted by molar-refractivity contribution is 0.475. The van der Waals surface area contributed by atoms with Gasteiger partial charge in [-0.1, -0.05) is 19.1 Å². The lowest BCUT2D eigenvalue weighted by Gasteiger charge is -2.11. The van der Waals surface area contributed by atoms with Gasteiger partial charge in [0.25, 0.3) is 0 Å². The highest BCUT2D eigenvalue weighted by Gasteiger charge is 2.04. The Morgan fingerprint density at radius 3 is 2.70 bits per heavy atom. The van der Waals surface area contributed by atoms with Crippen LogP contribution < -0.4 is 10.1 Å². The van der Waals surface area contributed by atoms with Crippen LogP contribution >= 0.6 is 0 Å². The minimum absolute atomic E-state index is 0.775.